The zero-order valence-corrected chi connectivity index (χ0v) is 14.1. The molecule has 0 saturated carbocycles. The first kappa shape index (κ1) is 15.7. The van der Waals surface area contributed by atoms with E-state index in [1.54, 1.807) is 12.1 Å². The highest BCUT2D eigenvalue weighted by molar-refractivity contribution is 7.90. The van der Waals surface area contributed by atoms with E-state index in [9.17, 15) is 13.2 Å². The van der Waals surface area contributed by atoms with Crippen LogP contribution >= 0.6 is 0 Å². The molecule has 0 heterocycles. The van der Waals surface area contributed by atoms with Crippen LogP contribution < -0.4 is 0 Å². The fraction of sp³-hybridized carbons (Fsp3) is 0.211. The molecule has 0 spiro atoms. The van der Waals surface area contributed by atoms with E-state index in [1.165, 1.54) is 12.1 Å². The summed E-state index contributed by atoms with van der Waals surface area (Å²) in [5, 5.41) is 0. The summed E-state index contributed by atoms with van der Waals surface area (Å²) < 4.78 is 23.1. The fourth-order valence-electron chi connectivity index (χ4n) is 3.21. The Morgan fingerprint density at radius 3 is 2.22 bits per heavy atom. The first-order valence-corrected chi connectivity index (χ1v) is 9.27. The van der Waals surface area contributed by atoms with Gasteiger partial charge in [0, 0.05) is 11.8 Å². The van der Waals surface area contributed by atoms with Crippen LogP contribution in [0, 0.1) is 0 Å². The Balaban J connectivity index is 2.05. The van der Waals surface area contributed by atoms with E-state index in [0.29, 0.717) is 5.56 Å². The molecule has 1 aliphatic carbocycles. The molecule has 0 aromatic heterocycles. The van der Waals surface area contributed by atoms with Gasteiger partial charge >= 0.3 is 0 Å². The van der Waals surface area contributed by atoms with Crippen molar-refractivity contribution in [1.29, 1.82) is 0 Å². The van der Waals surface area contributed by atoms with E-state index in [1.807, 2.05) is 44.2 Å². The number of fused-ring (bicyclic) bond motifs is 1. The second kappa shape index (κ2) is 5.17. The van der Waals surface area contributed by atoms with Gasteiger partial charge in [0.15, 0.2) is 15.6 Å². The average Bonchev–Trinajstić information content (AvgIpc) is 2.79. The minimum absolute atomic E-state index is 0.0261. The van der Waals surface area contributed by atoms with Gasteiger partial charge in [0.05, 0.1) is 10.3 Å². The fourth-order valence-corrected chi connectivity index (χ4v) is 3.84. The molecule has 2 aromatic carbocycles. The standard InChI is InChI=1S/C19H18O3S/c1-13-12-19(2,17-7-5-4-6-16(13)17)18(20)14-8-10-15(11-9-14)23(3,21)22/h4-12H,1-3H3. The van der Waals surface area contributed by atoms with Crippen molar-refractivity contribution in [3.8, 4) is 0 Å². The predicted molar refractivity (Wildman–Crippen MR) is 91.3 cm³/mol. The van der Waals surface area contributed by atoms with Crippen LogP contribution in [-0.4, -0.2) is 20.5 Å². The Bertz CT molecular complexity index is 921. The van der Waals surface area contributed by atoms with Crippen molar-refractivity contribution in [2.24, 2.45) is 0 Å². The van der Waals surface area contributed by atoms with E-state index >= 15 is 0 Å². The molecule has 0 saturated heterocycles. The summed E-state index contributed by atoms with van der Waals surface area (Å²) in [5.74, 6) is -0.0261. The van der Waals surface area contributed by atoms with Crippen molar-refractivity contribution >= 4 is 21.2 Å². The van der Waals surface area contributed by atoms with Crippen molar-refractivity contribution in [2.75, 3.05) is 6.26 Å². The van der Waals surface area contributed by atoms with Crippen molar-refractivity contribution in [2.45, 2.75) is 24.2 Å². The Labute approximate surface area is 136 Å². The molecule has 0 aliphatic heterocycles. The molecule has 118 valence electrons. The number of rotatable bonds is 3. The number of sulfone groups is 1. The van der Waals surface area contributed by atoms with Gasteiger partial charge < -0.3 is 0 Å². The summed E-state index contributed by atoms with van der Waals surface area (Å²) in [6, 6.07) is 14.1. The molecule has 3 rings (SSSR count). The lowest BCUT2D eigenvalue weighted by molar-refractivity contribution is 0.0928. The van der Waals surface area contributed by atoms with Crippen molar-refractivity contribution < 1.29 is 13.2 Å². The molecule has 1 aliphatic rings. The number of Topliss-reactive ketones (excluding diaryl/α,β-unsaturated/α-hetero) is 1. The van der Waals surface area contributed by atoms with Gasteiger partial charge in [-0.2, -0.15) is 0 Å². The predicted octanol–water partition coefficient (Wildman–Crippen LogP) is 3.65. The van der Waals surface area contributed by atoms with Gasteiger partial charge in [0.25, 0.3) is 0 Å². The highest BCUT2D eigenvalue weighted by Crippen LogP contribution is 2.42. The first-order valence-electron chi connectivity index (χ1n) is 7.38. The molecule has 4 heteroatoms. The molecule has 0 N–H and O–H groups in total. The van der Waals surface area contributed by atoms with Crippen LogP contribution in [0.1, 0.15) is 35.3 Å². The van der Waals surface area contributed by atoms with Crippen LogP contribution in [-0.2, 0) is 15.3 Å². The topological polar surface area (TPSA) is 51.2 Å². The number of allylic oxidation sites excluding steroid dienone is 2. The molecule has 3 nitrogen and oxygen atoms in total. The highest BCUT2D eigenvalue weighted by atomic mass is 32.2. The van der Waals surface area contributed by atoms with Gasteiger partial charge in [-0.05, 0) is 42.7 Å². The van der Waals surface area contributed by atoms with Crippen LogP contribution in [0.3, 0.4) is 0 Å². The second-order valence-corrected chi connectivity index (χ2v) is 8.22. The zero-order valence-electron chi connectivity index (χ0n) is 13.3. The van der Waals surface area contributed by atoms with Crippen LogP contribution in [0.15, 0.2) is 59.5 Å². The molecular formula is C19H18O3S. The van der Waals surface area contributed by atoms with Crippen LogP contribution in [0.2, 0.25) is 0 Å². The lowest BCUT2D eigenvalue weighted by Gasteiger charge is -2.22. The number of carbonyl (C=O) groups is 1. The maximum Gasteiger partial charge on any atom is 0.176 e. The molecule has 0 radical (unpaired) electrons. The van der Waals surface area contributed by atoms with Crippen LogP contribution in [0.5, 0.6) is 0 Å². The van der Waals surface area contributed by atoms with Gasteiger partial charge in [0.2, 0.25) is 0 Å². The van der Waals surface area contributed by atoms with Gasteiger partial charge in [0.1, 0.15) is 0 Å². The van der Waals surface area contributed by atoms with Gasteiger partial charge in [-0.15, -0.1) is 0 Å². The number of hydrogen-bond acceptors (Lipinski definition) is 3. The minimum atomic E-state index is -3.26. The molecular weight excluding hydrogens is 308 g/mol. The average molecular weight is 326 g/mol. The van der Waals surface area contributed by atoms with Gasteiger partial charge in [-0.25, -0.2) is 8.42 Å². The maximum absolute atomic E-state index is 13.0. The third-order valence-electron chi connectivity index (χ3n) is 4.43. The zero-order chi connectivity index (χ0) is 16.8. The Morgan fingerprint density at radius 1 is 1.00 bits per heavy atom. The van der Waals surface area contributed by atoms with E-state index in [4.69, 9.17) is 0 Å². The third-order valence-corrected chi connectivity index (χ3v) is 5.56. The van der Waals surface area contributed by atoms with Crippen molar-refractivity contribution in [3.63, 3.8) is 0 Å². The van der Waals surface area contributed by atoms with Crippen LogP contribution in [0.25, 0.3) is 5.57 Å². The molecule has 23 heavy (non-hydrogen) atoms. The second-order valence-electron chi connectivity index (χ2n) is 6.20. The summed E-state index contributed by atoms with van der Waals surface area (Å²) in [5.41, 5.74) is 2.98. The summed E-state index contributed by atoms with van der Waals surface area (Å²) in [7, 11) is -3.26. The van der Waals surface area contributed by atoms with Crippen molar-refractivity contribution in [3.05, 3.63) is 71.3 Å². The summed E-state index contributed by atoms with van der Waals surface area (Å²) in [6.07, 6.45) is 3.15. The first-order chi connectivity index (χ1) is 10.7. The molecule has 0 fully saturated rings. The number of carbonyl (C=O) groups excluding carboxylic acids is 1. The summed E-state index contributed by atoms with van der Waals surface area (Å²) in [6.45, 7) is 3.92. The van der Waals surface area contributed by atoms with Gasteiger partial charge in [-0.1, -0.05) is 42.5 Å². The molecule has 0 amide bonds. The lowest BCUT2D eigenvalue weighted by Crippen LogP contribution is -2.29. The number of hydrogen-bond donors (Lipinski definition) is 0. The minimum Gasteiger partial charge on any atom is -0.293 e. The molecule has 2 aromatic rings. The Kier molecular flexibility index (Phi) is 3.52. The highest BCUT2D eigenvalue weighted by Gasteiger charge is 2.39. The van der Waals surface area contributed by atoms with E-state index < -0.39 is 15.3 Å². The smallest absolute Gasteiger partial charge is 0.176 e. The lowest BCUT2D eigenvalue weighted by atomic mass is 9.78. The van der Waals surface area contributed by atoms with E-state index in [0.717, 1.165) is 23.0 Å². The van der Waals surface area contributed by atoms with Crippen molar-refractivity contribution in [1.82, 2.24) is 0 Å². The molecule has 1 unspecified atom stereocenters. The Hall–Kier alpha value is -2.20. The van der Waals surface area contributed by atoms with E-state index in [-0.39, 0.29) is 10.7 Å². The number of benzene rings is 2. The largest absolute Gasteiger partial charge is 0.293 e. The van der Waals surface area contributed by atoms with E-state index in [2.05, 4.69) is 0 Å². The summed E-state index contributed by atoms with van der Waals surface area (Å²) >= 11 is 0. The van der Waals surface area contributed by atoms with Gasteiger partial charge in [-0.3, -0.25) is 4.79 Å². The van der Waals surface area contributed by atoms with Crippen LogP contribution in [0.4, 0.5) is 0 Å². The molecule has 1 atom stereocenters. The quantitative estimate of drug-likeness (QED) is 0.809. The summed E-state index contributed by atoms with van der Waals surface area (Å²) in [4.78, 5) is 13.3. The Morgan fingerprint density at radius 2 is 1.61 bits per heavy atom. The SMILES string of the molecule is CC1=CC(C)(C(=O)c2ccc(S(C)(=O)=O)cc2)c2ccccc21. The monoisotopic (exact) mass is 326 g/mol. The number of ketones is 1. The maximum atomic E-state index is 13.0. The third kappa shape index (κ3) is 2.53. The molecule has 0 bridgehead atoms. The normalized spacial score (nSPS) is 20.0.